The van der Waals surface area contributed by atoms with E-state index in [9.17, 15) is 8.42 Å². The largest absolute Gasteiger partial charge is 0.340 e. The molecule has 31 heavy (non-hydrogen) atoms. The number of pyridine rings is 1. The molecule has 0 aliphatic carbocycles. The monoisotopic (exact) mass is 431 g/mol. The summed E-state index contributed by atoms with van der Waals surface area (Å²) in [4.78, 5) is 13.4. The smallest absolute Gasteiger partial charge is 0.175 e. The van der Waals surface area contributed by atoms with Gasteiger partial charge in [0.05, 0.1) is 22.0 Å². The fourth-order valence-corrected chi connectivity index (χ4v) is 4.11. The van der Waals surface area contributed by atoms with Crippen LogP contribution in [0.15, 0.2) is 71.6 Å². The minimum atomic E-state index is -3.22. The minimum absolute atomic E-state index is 0.254. The Hall–Kier alpha value is -3.25. The zero-order valence-electron chi connectivity index (χ0n) is 18.0. The van der Waals surface area contributed by atoms with Crippen molar-refractivity contribution in [2.45, 2.75) is 31.6 Å². The van der Waals surface area contributed by atoms with Crippen LogP contribution in [0.2, 0.25) is 0 Å². The molecule has 0 amide bonds. The Morgan fingerprint density at radius 3 is 2.16 bits per heavy atom. The van der Waals surface area contributed by atoms with Gasteiger partial charge in [0.2, 0.25) is 0 Å². The Morgan fingerprint density at radius 2 is 1.52 bits per heavy atom. The highest BCUT2D eigenvalue weighted by Crippen LogP contribution is 2.33. The Morgan fingerprint density at radius 1 is 0.839 bits per heavy atom. The molecule has 5 nitrogen and oxygen atoms in total. The van der Waals surface area contributed by atoms with Crippen molar-refractivity contribution >= 4 is 9.84 Å². The summed E-state index contributed by atoms with van der Waals surface area (Å²) in [5, 5.41) is 0. The molecule has 158 valence electrons. The lowest BCUT2D eigenvalue weighted by Gasteiger charge is -2.07. The van der Waals surface area contributed by atoms with Crippen LogP contribution in [-0.4, -0.2) is 29.6 Å². The quantitative estimate of drug-likeness (QED) is 0.444. The molecule has 0 atom stereocenters. The first-order valence-electron chi connectivity index (χ1n) is 10.2. The summed E-state index contributed by atoms with van der Waals surface area (Å²) in [6.45, 7) is 6.19. The number of rotatable bonds is 5. The van der Waals surface area contributed by atoms with E-state index in [4.69, 9.17) is 4.98 Å². The summed E-state index contributed by atoms with van der Waals surface area (Å²) in [7, 11) is -3.22. The predicted octanol–water partition coefficient (Wildman–Crippen LogP) is 5.64. The summed E-state index contributed by atoms with van der Waals surface area (Å²) in [5.74, 6) is 1.17. The number of aromatic amines is 1. The van der Waals surface area contributed by atoms with Gasteiger partial charge in [0.1, 0.15) is 5.82 Å². The average Bonchev–Trinajstić information content (AvgIpc) is 3.19. The van der Waals surface area contributed by atoms with Crippen molar-refractivity contribution in [3.63, 3.8) is 0 Å². The van der Waals surface area contributed by atoms with Gasteiger partial charge in [-0.15, -0.1) is 0 Å². The van der Waals surface area contributed by atoms with E-state index >= 15 is 0 Å². The molecule has 0 radical (unpaired) electrons. The van der Waals surface area contributed by atoms with Crippen LogP contribution < -0.4 is 0 Å². The highest BCUT2D eigenvalue weighted by molar-refractivity contribution is 7.90. The van der Waals surface area contributed by atoms with E-state index < -0.39 is 9.84 Å². The van der Waals surface area contributed by atoms with E-state index in [0.29, 0.717) is 4.90 Å². The maximum atomic E-state index is 11.8. The third-order valence-corrected chi connectivity index (χ3v) is 6.29. The van der Waals surface area contributed by atoms with Crippen molar-refractivity contribution in [3.05, 3.63) is 78.2 Å². The second kappa shape index (κ2) is 8.12. The van der Waals surface area contributed by atoms with Crippen molar-refractivity contribution in [1.82, 2.24) is 15.0 Å². The van der Waals surface area contributed by atoms with Crippen molar-refractivity contribution in [2.75, 3.05) is 6.26 Å². The third-order valence-electron chi connectivity index (χ3n) is 5.17. The van der Waals surface area contributed by atoms with Crippen molar-refractivity contribution < 1.29 is 8.42 Å². The number of nitrogens with zero attached hydrogens (tertiary/aromatic N) is 2. The van der Waals surface area contributed by atoms with Gasteiger partial charge in [-0.1, -0.05) is 50.2 Å². The number of sulfone groups is 1. The Labute approximate surface area is 183 Å². The van der Waals surface area contributed by atoms with Crippen molar-refractivity contribution in [2.24, 2.45) is 0 Å². The molecule has 0 aliphatic rings. The van der Waals surface area contributed by atoms with Crippen LogP contribution in [0.4, 0.5) is 0 Å². The van der Waals surface area contributed by atoms with Crippen LogP contribution in [0.3, 0.4) is 0 Å². The molecule has 0 saturated carbocycles. The molecule has 4 aromatic rings. The first-order chi connectivity index (χ1) is 14.7. The van der Waals surface area contributed by atoms with E-state index in [1.54, 1.807) is 12.1 Å². The molecule has 0 fully saturated rings. The number of nitrogens with one attached hydrogen (secondary N) is 1. The SMILES string of the molecule is Cc1cccc(-c2[nH]c(C(C)C)nc2-c2cccc(-c3ccc(S(C)(=O)=O)cc3)c2)n1. The highest BCUT2D eigenvalue weighted by atomic mass is 32.2. The summed E-state index contributed by atoms with van der Waals surface area (Å²) in [5.41, 5.74) is 6.49. The predicted molar refractivity (Wildman–Crippen MR) is 125 cm³/mol. The second-order valence-corrected chi connectivity index (χ2v) is 10.1. The number of imidazole rings is 1. The zero-order valence-corrected chi connectivity index (χ0v) is 18.9. The van der Waals surface area contributed by atoms with E-state index in [-0.39, 0.29) is 5.92 Å². The van der Waals surface area contributed by atoms with Gasteiger partial charge in [-0.3, -0.25) is 4.98 Å². The molecule has 2 aromatic carbocycles. The van der Waals surface area contributed by atoms with Crippen LogP contribution in [0.25, 0.3) is 33.8 Å². The van der Waals surface area contributed by atoms with Gasteiger partial charge < -0.3 is 4.98 Å². The molecule has 0 saturated heterocycles. The molecule has 4 rings (SSSR count). The molecule has 0 aliphatic heterocycles. The number of hydrogen-bond acceptors (Lipinski definition) is 4. The average molecular weight is 432 g/mol. The fraction of sp³-hybridized carbons (Fsp3) is 0.200. The van der Waals surface area contributed by atoms with Crippen LogP contribution in [0, 0.1) is 6.92 Å². The van der Waals surface area contributed by atoms with E-state index in [1.807, 2.05) is 55.5 Å². The first kappa shape index (κ1) is 21.0. The van der Waals surface area contributed by atoms with Gasteiger partial charge in [-0.2, -0.15) is 0 Å². The van der Waals surface area contributed by atoms with Gasteiger partial charge >= 0.3 is 0 Å². The van der Waals surface area contributed by atoms with E-state index in [0.717, 1.165) is 45.3 Å². The molecule has 2 heterocycles. The molecule has 0 bridgehead atoms. The Bertz CT molecular complexity index is 1340. The molecule has 2 aromatic heterocycles. The van der Waals surface area contributed by atoms with Crippen LogP contribution >= 0.6 is 0 Å². The van der Waals surface area contributed by atoms with Gasteiger partial charge in [0, 0.05) is 23.4 Å². The number of aromatic nitrogens is 3. The van der Waals surface area contributed by atoms with Crippen molar-refractivity contribution in [1.29, 1.82) is 0 Å². The van der Waals surface area contributed by atoms with Gasteiger partial charge in [-0.05, 0) is 48.4 Å². The van der Waals surface area contributed by atoms with E-state index in [1.165, 1.54) is 6.26 Å². The number of hydrogen-bond donors (Lipinski definition) is 1. The summed E-state index contributed by atoms with van der Waals surface area (Å²) < 4.78 is 23.5. The molecule has 1 N–H and O–H groups in total. The normalized spacial score (nSPS) is 11.8. The third kappa shape index (κ3) is 4.44. The summed E-state index contributed by atoms with van der Waals surface area (Å²) >= 11 is 0. The van der Waals surface area contributed by atoms with Crippen LogP contribution in [-0.2, 0) is 9.84 Å². The van der Waals surface area contributed by atoms with E-state index in [2.05, 4.69) is 29.9 Å². The van der Waals surface area contributed by atoms with Crippen molar-refractivity contribution in [3.8, 4) is 33.8 Å². The maximum Gasteiger partial charge on any atom is 0.175 e. The molecular weight excluding hydrogens is 406 g/mol. The fourth-order valence-electron chi connectivity index (χ4n) is 3.48. The second-order valence-electron chi connectivity index (χ2n) is 8.04. The topological polar surface area (TPSA) is 75.7 Å². The maximum absolute atomic E-state index is 11.8. The molecule has 0 spiro atoms. The molecule has 6 heteroatoms. The summed E-state index contributed by atoms with van der Waals surface area (Å²) in [6.07, 6.45) is 1.22. The summed E-state index contributed by atoms with van der Waals surface area (Å²) in [6, 6.07) is 21.0. The number of aryl methyl sites for hydroxylation is 1. The number of H-pyrrole nitrogens is 1. The zero-order chi connectivity index (χ0) is 22.2. The first-order valence-corrected chi connectivity index (χ1v) is 12.1. The lowest BCUT2D eigenvalue weighted by molar-refractivity contribution is 0.602. The van der Waals surface area contributed by atoms with Crippen LogP contribution in [0.5, 0.6) is 0 Å². The Balaban J connectivity index is 1.81. The molecular formula is C25H25N3O2S. The van der Waals surface area contributed by atoms with Gasteiger partial charge in [0.25, 0.3) is 0 Å². The number of benzene rings is 2. The Kier molecular flexibility index (Phi) is 5.50. The standard InChI is InChI=1S/C25H25N3O2S/c1-16(2)25-27-23(24(28-25)22-10-5-7-17(3)26-22)20-9-6-8-19(15-20)18-11-13-21(14-12-18)31(4,29)30/h5-16H,1-4H3,(H,27,28). The minimum Gasteiger partial charge on any atom is -0.340 e. The molecule has 0 unspecified atom stereocenters. The van der Waals surface area contributed by atoms with Crippen LogP contribution in [0.1, 0.15) is 31.3 Å². The van der Waals surface area contributed by atoms with Gasteiger partial charge in [-0.25, -0.2) is 13.4 Å². The highest BCUT2D eigenvalue weighted by Gasteiger charge is 2.17. The van der Waals surface area contributed by atoms with Gasteiger partial charge in [0.15, 0.2) is 9.84 Å². The lowest BCUT2D eigenvalue weighted by Crippen LogP contribution is -1.96. The lowest BCUT2D eigenvalue weighted by atomic mass is 10.0.